The lowest BCUT2D eigenvalue weighted by molar-refractivity contribution is -0.00965. The molecule has 0 amide bonds. The maximum atomic E-state index is 10.5. The van der Waals surface area contributed by atoms with Crippen LogP contribution in [0.3, 0.4) is 0 Å². The number of piperidine rings is 1. The van der Waals surface area contributed by atoms with Crippen molar-refractivity contribution in [2.24, 2.45) is 5.41 Å². The van der Waals surface area contributed by atoms with Crippen molar-refractivity contribution in [1.29, 1.82) is 0 Å². The highest BCUT2D eigenvalue weighted by atomic mass is 16.3. The third-order valence-corrected chi connectivity index (χ3v) is 5.63. The third-order valence-electron chi connectivity index (χ3n) is 5.63. The van der Waals surface area contributed by atoms with Gasteiger partial charge in [0.15, 0.2) is 0 Å². The molecule has 0 unspecified atom stereocenters. The Balaban J connectivity index is 1.51. The molecule has 1 heterocycles. The van der Waals surface area contributed by atoms with Crippen LogP contribution in [0.1, 0.15) is 64.2 Å². The normalized spacial score (nSPS) is 32.3. The van der Waals surface area contributed by atoms with Gasteiger partial charge in [0.05, 0.1) is 5.60 Å². The van der Waals surface area contributed by atoms with Gasteiger partial charge in [0, 0.05) is 6.54 Å². The molecular weight excluding hydrogens is 210 g/mol. The molecule has 3 fully saturated rings. The fourth-order valence-corrected chi connectivity index (χ4v) is 4.42. The molecular formula is C15H27NO. The van der Waals surface area contributed by atoms with Crippen molar-refractivity contribution in [3.05, 3.63) is 0 Å². The molecule has 3 rings (SSSR count). The number of aliphatic hydroxyl groups is 1. The van der Waals surface area contributed by atoms with Crippen LogP contribution in [0.25, 0.3) is 0 Å². The summed E-state index contributed by atoms with van der Waals surface area (Å²) in [7, 11) is 0. The van der Waals surface area contributed by atoms with E-state index < -0.39 is 0 Å². The van der Waals surface area contributed by atoms with Crippen LogP contribution in [0.15, 0.2) is 0 Å². The van der Waals surface area contributed by atoms with Gasteiger partial charge in [0.2, 0.25) is 0 Å². The van der Waals surface area contributed by atoms with Crippen LogP contribution in [0, 0.1) is 5.41 Å². The lowest BCUT2D eigenvalue weighted by Crippen LogP contribution is -2.46. The SMILES string of the molecule is OC1(CN2CCC3(CCCC3)CC2)CCCC1. The highest BCUT2D eigenvalue weighted by Gasteiger charge is 2.39. The summed E-state index contributed by atoms with van der Waals surface area (Å²) >= 11 is 0. The van der Waals surface area contributed by atoms with E-state index in [0.29, 0.717) is 0 Å². The summed E-state index contributed by atoms with van der Waals surface area (Å²) in [6.07, 6.45) is 13.2. The van der Waals surface area contributed by atoms with E-state index in [0.717, 1.165) is 24.8 Å². The Bertz CT molecular complexity index is 254. The minimum absolute atomic E-state index is 0.333. The van der Waals surface area contributed by atoms with E-state index in [4.69, 9.17) is 0 Å². The Morgan fingerprint density at radius 2 is 1.29 bits per heavy atom. The molecule has 98 valence electrons. The van der Waals surface area contributed by atoms with Crippen LogP contribution in [0.2, 0.25) is 0 Å². The van der Waals surface area contributed by atoms with E-state index >= 15 is 0 Å². The van der Waals surface area contributed by atoms with Crippen LogP contribution < -0.4 is 0 Å². The van der Waals surface area contributed by atoms with Crippen molar-refractivity contribution in [2.75, 3.05) is 19.6 Å². The molecule has 1 saturated heterocycles. The van der Waals surface area contributed by atoms with E-state index in [1.165, 1.54) is 64.5 Å². The average molecular weight is 237 g/mol. The molecule has 0 bridgehead atoms. The maximum absolute atomic E-state index is 10.5. The minimum atomic E-state index is -0.333. The fourth-order valence-electron chi connectivity index (χ4n) is 4.42. The smallest absolute Gasteiger partial charge is 0.0774 e. The first kappa shape index (κ1) is 12.0. The zero-order valence-electron chi connectivity index (χ0n) is 11.1. The van der Waals surface area contributed by atoms with E-state index in [2.05, 4.69) is 4.90 Å². The molecule has 17 heavy (non-hydrogen) atoms. The standard InChI is InChI=1S/C15H27NO/c17-15(7-3-4-8-15)13-16-11-9-14(10-12-16)5-1-2-6-14/h17H,1-13H2. The Morgan fingerprint density at radius 3 is 1.88 bits per heavy atom. The third kappa shape index (κ3) is 2.53. The van der Waals surface area contributed by atoms with Crippen molar-refractivity contribution in [2.45, 2.75) is 69.8 Å². The molecule has 3 aliphatic rings. The molecule has 2 nitrogen and oxygen atoms in total. The Hall–Kier alpha value is -0.0800. The molecule has 2 aliphatic carbocycles. The molecule has 0 aromatic heterocycles. The summed E-state index contributed by atoms with van der Waals surface area (Å²) in [5, 5.41) is 10.5. The molecule has 0 aromatic carbocycles. The first-order valence-electron chi connectivity index (χ1n) is 7.65. The maximum Gasteiger partial charge on any atom is 0.0774 e. The van der Waals surface area contributed by atoms with Crippen molar-refractivity contribution in [3.63, 3.8) is 0 Å². The Labute approximate surface area is 105 Å². The van der Waals surface area contributed by atoms with Gasteiger partial charge >= 0.3 is 0 Å². The number of hydrogen-bond donors (Lipinski definition) is 1. The Kier molecular flexibility index (Phi) is 3.20. The number of likely N-dealkylation sites (tertiary alicyclic amines) is 1. The van der Waals surface area contributed by atoms with Gasteiger partial charge in [-0.2, -0.15) is 0 Å². The summed E-state index contributed by atoms with van der Waals surface area (Å²) in [6.45, 7) is 3.42. The van der Waals surface area contributed by atoms with E-state index in [1.54, 1.807) is 0 Å². The highest BCUT2D eigenvalue weighted by Crippen LogP contribution is 2.46. The zero-order valence-corrected chi connectivity index (χ0v) is 11.1. The average Bonchev–Trinajstić information content (AvgIpc) is 2.93. The largest absolute Gasteiger partial charge is 0.389 e. The molecule has 0 radical (unpaired) electrons. The fraction of sp³-hybridized carbons (Fsp3) is 1.00. The van der Waals surface area contributed by atoms with Crippen LogP contribution in [-0.4, -0.2) is 35.2 Å². The van der Waals surface area contributed by atoms with Crippen molar-refractivity contribution in [1.82, 2.24) is 4.90 Å². The van der Waals surface area contributed by atoms with Crippen molar-refractivity contribution < 1.29 is 5.11 Å². The number of nitrogens with zero attached hydrogens (tertiary/aromatic N) is 1. The summed E-state index contributed by atoms with van der Waals surface area (Å²) in [6, 6.07) is 0. The number of hydrogen-bond acceptors (Lipinski definition) is 2. The van der Waals surface area contributed by atoms with Crippen molar-refractivity contribution >= 4 is 0 Å². The van der Waals surface area contributed by atoms with Gasteiger partial charge in [-0.3, -0.25) is 0 Å². The van der Waals surface area contributed by atoms with Crippen LogP contribution in [0.5, 0.6) is 0 Å². The second-order valence-corrected chi connectivity index (χ2v) is 6.91. The van der Waals surface area contributed by atoms with Gasteiger partial charge in [-0.1, -0.05) is 25.7 Å². The van der Waals surface area contributed by atoms with Crippen molar-refractivity contribution in [3.8, 4) is 0 Å². The van der Waals surface area contributed by atoms with Gasteiger partial charge in [-0.15, -0.1) is 0 Å². The van der Waals surface area contributed by atoms with Gasteiger partial charge < -0.3 is 10.0 Å². The minimum Gasteiger partial charge on any atom is -0.389 e. The summed E-state index contributed by atoms with van der Waals surface area (Å²) in [5.41, 5.74) is 0.384. The summed E-state index contributed by atoms with van der Waals surface area (Å²) < 4.78 is 0. The van der Waals surface area contributed by atoms with Crippen LogP contribution in [-0.2, 0) is 0 Å². The first-order valence-corrected chi connectivity index (χ1v) is 7.65. The molecule has 0 aromatic rings. The predicted molar refractivity (Wildman–Crippen MR) is 70.0 cm³/mol. The van der Waals surface area contributed by atoms with E-state index in [1.807, 2.05) is 0 Å². The van der Waals surface area contributed by atoms with Crippen LogP contribution >= 0.6 is 0 Å². The predicted octanol–water partition coefficient (Wildman–Crippen LogP) is 2.95. The summed E-state index contributed by atoms with van der Waals surface area (Å²) in [5.74, 6) is 0. The van der Waals surface area contributed by atoms with Gasteiger partial charge in [0.1, 0.15) is 0 Å². The quantitative estimate of drug-likeness (QED) is 0.798. The monoisotopic (exact) mass is 237 g/mol. The first-order chi connectivity index (χ1) is 8.20. The lowest BCUT2D eigenvalue weighted by Gasteiger charge is -2.41. The second-order valence-electron chi connectivity index (χ2n) is 6.91. The molecule has 1 aliphatic heterocycles. The molecule has 1 N–H and O–H groups in total. The van der Waals surface area contributed by atoms with Gasteiger partial charge in [0.25, 0.3) is 0 Å². The van der Waals surface area contributed by atoms with Crippen LogP contribution in [0.4, 0.5) is 0 Å². The van der Waals surface area contributed by atoms with E-state index in [-0.39, 0.29) is 5.60 Å². The molecule has 2 saturated carbocycles. The molecule has 0 atom stereocenters. The number of β-amino-alcohol motifs (C(OH)–C–C–N with tert-alkyl or cyclic N) is 1. The lowest BCUT2D eigenvalue weighted by atomic mass is 9.77. The number of rotatable bonds is 2. The topological polar surface area (TPSA) is 23.5 Å². The van der Waals surface area contributed by atoms with Gasteiger partial charge in [-0.05, 0) is 57.0 Å². The van der Waals surface area contributed by atoms with Gasteiger partial charge in [-0.25, -0.2) is 0 Å². The second kappa shape index (κ2) is 4.55. The van der Waals surface area contributed by atoms with E-state index in [9.17, 15) is 5.11 Å². The zero-order chi connectivity index (χ0) is 11.8. The highest BCUT2D eigenvalue weighted by molar-refractivity contribution is 4.93. The molecule has 1 spiro atoms. The summed E-state index contributed by atoms with van der Waals surface area (Å²) in [4.78, 5) is 2.54. The molecule has 2 heteroatoms. The Morgan fingerprint density at radius 1 is 0.765 bits per heavy atom.